The maximum Gasteiger partial charge on any atom is 0.286 e. The fourth-order valence-electron chi connectivity index (χ4n) is 2.25. The molecule has 1 atom stereocenters. The Morgan fingerprint density at radius 3 is 2.64 bits per heavy atom. The summed E-state index contributed by atoms with van der Waals surface area (Å²) in [7, 11) is 0. The number of nitrogens with zero attached hydrogens (tertiary/aromatic N) is 2. The van der Waals surface area contributed by atoms with E-state index in [4.69, 9.17) is 37.5 Å². The minimum atomic E-state index is -0.641. The van der Waals surface area contributed by atoms with Crippen LogP contribution in [0.3, 0.4) is 0 Å². The number of carbonyl (C=O) groups is 1. The third-order valence-corrected chi connectivity index (χ3v) is 3.95. The van der Waals surface area contributed by atoms with E-state index < -0.39 is 6.10 Å². The van der Waals surface area contributed by atoms with Gasteiger partial charge < -0.3 is 9.47 Å². The molecule has 1 unspecified atom stereocenters. The second-order valence-electron chi connectivity index (χ2n) is 5.40. The van der Waals surface area contributed by atoms with Crippen LogP contribution in [0.1, 0.15) is 13.3 Å². The summed E-state index contributed by atoms with van der Waals surface area (Å²) < 4.78 is 11.2. The van der Waals surface area contributed by atoms with Gasteiger partial charge in [0.15, 0.2) is 6.10 Å². The highest BCUT2D eigenvalue weighted by atomic mass is 35.5. The number of pyridine rings is 1. The predicted molar refractivity (Wildman–Crippen MR) is 93.1 cm³/mol. The van der Waals surface area contributed by atoms with Gasteiger partial charge in [0.2, 0.25) is 5.88 Å². The van der Waals surface area contributed by atoms with E-state index in [1.807, 2.05) is 0 Å². The lowest BCUT2D eigenvalue weighted by molar-refractivity contribution is -0.175. The van der Waals surface area contributed by atoms with Crippen molar-refractivity contribution in [2.45, 2.75) is 19.4 Å². The summed E-state index contributed by atoms with van der Waals surface area (Å²) in [5, 5.41) is 2.09. The van der Waals surface area contributed by atoms with Gasteiger partial charge in [-0.05, 0) is 43.7 Å². The Balaban J connectivity index is 1.60. The van der Waals surface area contributed by atoms with Crippen LogP contribution < -0.4 is 9.47 Å². The van der Waals surface area contributed by atoms with Crippen molar-refractivity contribution < 1.29 is 19.1 Å². The summed E-state index contributed by atoms with van der Waals surface area (Å²) in [6.07, 6.45) is 1.65. The number of aromatic nitrogens is 1. The molecule has 1 aromatic carbocycles. The highest BCUT2D eigenvalue weighted by Gasteiger charge is 2.25. The van der Waals surface area contributed by atoms with Crippen LogP contribution in [0.15, 0.2) is 36.5 Å². The quantitative estimate of drug-likeness (QED) is 0.778. The number of benzene rings is 1. The van der Waals surface area contributed by atoms with E-state index in [1.54, 1.807) is 37.3 Å². The molecule has 1 aliphatic heterocycles. The Morgan fingerprint density at radius 2 is 2.00 bits per heavy atom. The zero-order valence-electron chi connectivity index (χ0n) is 13.4. The summed E-state index contributed by atoms with van der Waals surface area (Å²) in [4.78, 5) is 21.4. The van der Waals surface area contributed by atoms with Crippen molar-refractivity contribution in [1.29, 1.82) is 0 Å². The third-order valence-electron chi connectivity index (χ3n) is 3.47. The molecule has 1 aromatic heterocycles. The van der Waals surface area contributed by atoms with Crippen molar-refractivity contribution in [3.05, 3.63) is 46.6 Å². The van der Waals surface area contributed by atoms with Crippen molar-refractivity contribution in [3.8, 4) is 17.4 Å². The first-order valence-electron chi connectivity index (χ1n) is 7.73. The lowest BCUT2D eigenvalue weighted by Gasteiger charge is -2.20. The van der Waals surface area contributed by atoms with E-state index in [2.05, 4.69) is 4.98 Å². The number of hydroxylamine groups is 2. The Bertz CT molecular complexity index is 749. The molecule has 3 rings (SSSR count). The van der Waals surface area contributed by atoms with Crippen LogP contribution in [-0.4, -0.2) is 35.2 Å². The van der Waals surface area contributed by atoms with Gasteiger partial charge in [-0.3, -0.25) is 9.63 Å². The van der Waals surface area contributed by atoms with Gasteiger partial charge in [-0.2, -0.15) is 0 Å². The van der Waals surface area contributed by atoms with Crippen LogP contribution in [0.5, 0.6) is 17.4 Å². The van der Waals surface area contributed by atoms with E-state index in [0.717, 1.165) is 6.42 Å². The van der Waals surface area contributed by atoms with E-state index in [0.29, 0.717) is 34.7 Å². The highest BCUT2D eigenvalue weighted by Crippen LogP contribution is 2.30. The predicted octanol–water partition coefficient (Wildman–Crippen LogP) is 4.11. The molecule has 0 aliphatic carbocycles. The van der Waals surface area contributed by atoms with Crippen LogP contribution in [0.25, 0.3) is 0 Å². The second kappa shape index (κ2) is 7.91. The molecule has 132 valence electrons. The molecule has 2 aromatic rings. The maximum atomic E-state index is 12.1. The number of ether oxygens (including phenoxy) is 2. The van der Waals surface area contributed by atoms with Gasteiger partial charge in [-0.1, -0.05) is 23.2 Å². The number of hydrogen-bond donors (Lipinski definition) is 0. The normalized spacial score (nSPS) is 15.1. The standard InChI is InChI=1S/C17H16Cl2N2O4/c1-11(17(22)21-7-2-8-23-21)24-13-3-5-14(6-4-13)25-16-15(19)9-12(18)10-20-16/h3-6,9-11H,2,7-8H2,1H3. The summed E-state index contributed by atoms with van der Waals surface area (Å²) in [5.41, 5.74) is 0. The molecule has 0 radical (unpaired) electrons. The molecule has 1 fully saturated rings. The first-order valence-corrected chi connectivity index (χ1v) is 8.48. The van der Waals surface area contributed by atoms with E-state index >= 15 is 0 Å². The van der Waals surface area contributed by atoms with Gasteiger partial charge in [-0.25, -0.2) is 10.0 Å². The smallest absolute Gasteiger partial charge is 0.286 e. The van der Waals surface area contributed by atoms with Crippen molar-refractivity contribution >= 4 is 29.1 Å². The number of hydrogen-bond acceptors (Lipinski definition) is 5. The van der Waals surface area contributed by atoms with Crippen LogP contribution >= 0.6 is 23.2 Å². The fourth-order valence-corrected chi connectivity index (χ4v) is 2.67. The van der Waals surface area contributed by atoms with Crippen molar-refractivity contribution in [1.82, 2.24) is 10.0 Å². The van der Waals surface area contributed by atoms with Crippen LogP contribution in [0, 0.1) is 0 Å². The first kappa shape index (κ1) is 17.8. The average Bonchev–Trinajstić information content (AvgIpc) is 3.13. The van der Waals surface area contributed by atoms with Crippen LogP contribution in [0.4, 0.5) is 0 Å². The zero-order valence-corrected chi connectivity index (χ0v) is 15.0. The molecule has 1 saturated heterocycles. The van der Waals surface area contributed by atoms with E-state index in [1.165, 1.54) is 11.3 Å². The second-order valence-corrected chi connectivity index (χ2v) is 6.24. The molecule has 0 N–H and O–H groups in total. The molecule has 2 heterocycles. The zero-order chi connectivity index (χ0) is 17.8. The lowest BCUT2D eigenvalue weighted by Crippen LogP contribution is -2.37. The van der Waals surface area contributed by atoms with E-state index in [-0.39, 0.29) is 11.8 Å². The molecule has 25 heavy (non-hydrogen) atoms. The molecule has 0 saturated carbocycles. The minimum absolute atomic E-state index is 0.199. The molecule has 1 aliphatic rings. The summed E-state index contributed by atoms with van der Waals surface area (Å²) in [6, 6.07) is 8.36. The van der Waals surface area contributed by atoms with Gasteiger partial charge >= 0.3 is 0 Å². The number of rotatable bonds is 5. The fraction of sp³-hybridized carbons (Fsp3) is 0.294. The van der Waals surface area contributed by atoms with Gasteiger partial charge in [-0.15, -0.1) is 0 Å². The van der Waals surface area contributed by atoms with Gasteiger partial charge in [0.25, 0.3) is 5.91 Å². The average molecular weight is 383 g/mol. The summed E-state index contributed by atoms with van der Waals surface area (Å²) in [6.45, 7) is 2.84. The number of amides is 1. The van der Waals surface area contributed by atoms with E-state index in [9.17, 15) is 4.79 Å². The van der Waals surface area contributed by atoms with Crippen LogP contribution in [-0.2, 0) is 9.63 Å². The van der Waals surface area contributed by atoms with Gasteiger partial charge in [0, 0.05) is 6.20 Å². The Kier molecular flexibility index (Phi) is 5.63. The first-order chi connectivity index (χ1) is 12.0. The van der Waals surface area contributed by atoms with Crippen molar-refractivity contribution in [3.63, 3.8) is 0 Å². The van der Waals surface area contributed by atoms with Crippen molar-refractivity contribution in [2.75, 3.05) is 13.2 Å². The SMILES string of the molecule is CC(Oc1ccc(Oc2ncc(Cl)cc2Cl)cc1)C(=O)N1CCCO1. The Hall–Kier alpha value is -2.02. The number of halogens is 2. The van der Waals surface area contributed by atoms with Gasteiger partial charge in [0.1, 0.15) is 16.5 Å². The molecule has 0 spiro atoms. The lowest BCUT2D eigenvalue weighted by atomic mass is 10.3. The molecular weight excluding hydrogens is 367 g/mol. The van der Waals surface area contributed by atoms with Gasteiger partial charge in [0.05, 0.1) is 18.2 Å². The molecule has 0 bridgehead atoms. The topological polar surface area (TPSA) is 60.9 Å². The minimum Gasteiger partial charge on any atom is -0.481 e. The Labute approximate surface area is 155 Å². The summed E-state index contributed by atoms with van der Waals surface area (Å²) >= 11 is 11.8. The largest absolute Gasteiger partial charge is 0.481 e. The third kappa shape index (κ3) is 4.54. The Morgan fingerprint density at radius 1 is 1.28 bits per heavy atom. The van der Waals surface area contributed by atoms with Crippen molar-refractivity contribution in [2.24, 2.45) is 0 Å². The molecular formula is C17H16Cl2N2O4. The van der Waals surface area contributed by atoms with Crippen LogP contribution in [0.2, 0.25) is 10.0 Å². The monoisotopic (exact) mass is 382 g/mol. The highest BCUT2D eigenvalue weighted by molar-refractivity contribution is 6.35. The number of carbonyl (C=O) groups excluding carboxylic acids is 1. The summed E-state index contributed by atoms with van der Waals surface area (Å²) in [5.74, 6) is 1.14. The molecule has 6 nitrogen and oxygen atoms in total. The maximum absolute atomic E-state index is 12.1. The molecule has 1 amide bonds. The molecule has 8 heteroatoms.